The molecule has 3 nitrogen and oxygen atoms in total. The van der Waals surface area contributed by atoms with Crippen LogP contribution in [0.3, 0.4) is 0 Å². The van der Waals surface area contributed by atoms with E-state index in [1.807, 2.05) is 13.8 Å². The lowest BCUT2D eigenvalue weighted by molar-refractivity contribution is 0.0604. The molecule has 72 valence electrons. The van der Waals surface area contributed by atoms with Gasteiger partial charge in [0, 0.05) is 19.1 Å². The number of hydrogen-bond donors (Lipinski definition) is 2. The minimum atomic E-state index is -0.535. The van der Waals surface area contributed by atoms with Crippen LogP contribution in [0.2, 0.25) is 0 Å². The van der Waals surface area contributed by atoms with Gasteiger partial charge >= 0.3 is 0 Å². The molecule has 0 aromatic rings. The second-order valence-electron chi connectivity index (χ2n) is 4.41. The molecule has 0 radical (unpaired) electrons. The van der Waals surface area contributed by atoms with Crippen LogP contribution in [-0.2, 0) is 0 Å². The number of rotatable bonds is 3. The van der Waals surface area contributed by atoms with Crippen LogP contribution in [0.25, 0.3) is 0 Å². The Labute approximate surface area is 74.5 Å². The maximum absolute atomic E-state index is 9.49. The fourth-order valence-electron chi connectivity index (χ4n) is 1.50. The number of hydrogen-bond acceptors (Lipinski definition) is 3. The molecule has 3 N–H and O–H groups in total. The van der Waals surface area contributed by atoms with Gasteiger partial charge in [-0.05, 0) is 33.2 Å². The molecule has 0 aliphatic carbocycles. The van der Waals surface area contributed by atoms with E-state index in [0.717, 1.165) is 32.5 Å². The third kappa shape index (κ3) is 3.52. The zero-order valence-corrected chi connectivity index (χ0v) is 8.08. The van der Waals surface area contributed by atoms with Crippen molar-refractivity contribution in [1.82, 2.24) is 4.90 Å². The lowest BCUT2D eigenvalue weighted by atomic mass is 10.1. The van der Waals surface area contributed by atoms with E-state index >= 15 is 0 Å². The average Bonchev–Trinajstić information content (AvgIpc) is 2.30. The molecule has 1 atom stereocenters. The van der Waals surface area contributed by atoms with Gasteiger partial charge in [-0.15, -0.1) is 0 Å². The zero-order chi connectivity index (χ0) is 9.19. The van der Waals surface area contributed by atoms with Crippen LogP contribution >= 0.6 is 0 Å². The van der Waals surface area contributed by atoms with E-state index in [1.165, 1.54) is 0 Å². The minimum absolute atomic E-state index is 0.354. The Kier molecular flexibility index (Phi) is 3.09. The van der Waals surface area contributed by atoms with Crippen molar-refractivity contribution in [3.8, 4) is 0 Å². The maximum atomic E-state index is 9.49. The lowest BCUT2D eigenvalue weighted by Crippen LogP contribution is -2.31. The number of nitrogens with two attached hydrogens (primary N) is 1. The Morgan fingerprint density at radius 3 is 2.67 bits per heavy atom. The van der Waals surface area contributed by atoms with Crippen molar-refractivity contribution in [2.75, 3.05) is 19.6 Å². The fourth-order valence-corrected chi connectivity index (χ4v) is 1.50. The molecular weight excluding hydrogens is 152 g/mol. The molecule has 1 aliphatic heterocycles. The Morgan fingerprint density at radius 2 is 2.25 bits per heavy atom. The molecule has 0 amide bonds. The summed E-state index contributed by atoms with van der Waals surface area (Å²) in [6, 6.07) is 0.354. The standard InChI is InChI=1S/C9H20N2O/c1-9(2,12)4-6-11-5-3-8(10)7-11/h8,12H,3-7,10H2,1-2H3/t8-/m0/s1. The van der Waals surface area contributed by atoms with E-state index in [-0.39, 0.29) is 0 Å². The van der Waals surface area contributed by atoms with Crippen molar-refractivity contribution in [3.63, 3.8) is 0 Å². The Balaban J connectivity index is 2.16. The molecule has 1 fully saturated rings. The van der Waals surface area contributed by atoms with E-state index in [1.54, 1.807) is 0 Å². The molecule has 1 rings (SSSR count). The van der Waals surface area contributed by atoms with Gasteiger partial charge in [-0.2, -0.15) is 0 Å². The van der Waals surface area contributed by atoms with E-state index in [9.17, 15) is 5.11 Å². The highest BCUT2D eigenvalue weighted by Crippen LogP contribution is 2.12. The van der Waals surface area contributed by atoms with E-state index in [0.29, 0.717) is 6.04 Å². The highest BCUT2D eigenvalue weighted by Gasteiger charge is 2.21. The van der Waals surface area contributed by atoms with Gasteiger partial charge in [0.25, 0.3) is 0 Å². The molecule has 3 heteroatoms. The third-order valence-corrected chi connectivity index (χ3v) is 2.35. The largest absolute Gasteiger partial charge is 0.390 e. The predicted octanol–water partition coefficient (Wildman–Crippen LogP) is 0.180. The van der Waals surface area contributed by atoms with Gasteiger partial charge in [-0.25, -0.2) is 0 Å². The molecule has 0 aromatic carbocycles. The van der Waals surface area contributed by atoms with Crippen LogP contribution in [0.4, 0.5) is 0 Å². The molecule has 1 saturated heterocycles. The average molecular weight is 172 g/mol. The van der Waals surface area contributed by atoms with Crippen molar-refractivity contribution in [1.29, 1.82) is 0 Å². The summed E-state index contributed by atoms with van der Waals surface area (Å²) >= 11 is 0. The van der Waals surface area contributed by atoms with E-state index in [2.05, 4.69) is 4.90 Å². The summed E-state index contributed by atoms with van der Waals surface area (Å²) in [4.78, 5) is 2.32. The number of aliphatic hydroxyl groups is 1. The number of likely N-dealkylation sites (tertiary alicyclic amines) is 1. The molecule has 0 aromatic heterocycles. The molecule has 12 heavy (non-hydrogen) atoms. The Bertz CT molecular complexity index is 142. The summed E-state index contributed by atoms with van der Waals surface area (Å²) in [7, 11) is 0. The molecular formula is C9H20N2O. The molecule has 0 bridgehead atoms. The molecule has 1 aliphatic rings. The van der Waals surface area contributed by atoms with Crippen LogP contribution < -0.4 is 5.73 Å². The molecule has 0 saturated carbocycles. The Morgan fingerprint density at radius 1 is 1.58 bits per heavy atom. The summed E-state index contributed by atoms with van der Waals surface area (Å²) in [6.45, 7) is 6.76. The van der Waals surface area contributed by atoms with Crippen molar-refractivity contribution in [3.05, 3.63) is 0 Å². The van der Waals surface area contributed by atoms with Gasteiger partial charge in [-0.3, -0.25) is 0 Å². The Hall–Kier alpha value is -0.120. The predicted molar refractivity (Wildman–Crippen MR) is 49.9 cm³/mol. The van der Waals surface area contributed by atoms with Crippen molar-refractivity contribution >= 4 is 0 Å². The zero-order valence-electron chi connectivity index (χ0n) is 8.08. The van der Waals surface area contributed by atoms with E-state index in [4.69, 9.17) is 5.73 Å². The summed E-state index contributed by atoms with van der Waals surface area (Å²) in [6.07, 6.45) is 1.94. The van der Waals surface area contributed by atoms with E-state index < -0.39 is 5.60 Å². The third-order valence-electron chi connectivity index (χ3n) is 2.35. The maximum Gasteiger partial charge on any atom is 0.0603 e. The summed E-state index contributed by atoms with van der Waals surface area (Å²) in [5, 5.41) is 9.49. The normalized spacial score (nSPS) is 26.5. The quantitative estimate of drug-likeness (QED) is 0.638. The van der Waals surface area contributed by atoms with Gasteiger partial charge in [0.1, 0.15) is 0 Å². The number of nitrogens with zero attached hydrogens (tertiary/aromatic N) is 1. The SMILES string of the molecule is CC(C)(O)CCN1CC[C@H](N)C1. The summed E-state index contributed by atoms with van der Waals surface area (Å²) in [5.41, 5.74) is 5.23. The topological polar surface area (TPSA) is 49.5 Å². The summed E-state index contributed by atoms with van der Waals surface area (Å²) in [5.74, 6) is 0. The lowest BCUT2D eigenvalue weighted by Gasteiger charge is -2.21. The smallest absolute Gasteiger partial charge is 0.0603 e. The molecule has 0 spiro atoms. The van der Waals surface area contributed by atoms with Crippen molar-refractivity contribution in [2.24, 2.45) is 5.73 Å². The molecule has 0 unspecified atom stereocenters. The van der Waals surface area contributed by atoms with Crippen molar-refractivity contribution in [2.45, 2.75) is 38.3 Å². The van der Waals surface area contributed by atoms with Crippen LogP contribution in [0.5, 0.6) is 0 Å². The first kappa shape index (κ1) is 9.96. The van der Waals surface area contributed by atoms with Gasteiger partial charge in [0.15, 0.2) is 0 Å². The first-order valence-electron chi connectivity index (χ1n) is 4.68. The van der Waals surface area contributed by atoms with Crippen LogP contribution in [0, 0.1) is 0 Å². The van der Waals surface area contributed by atoms with Crippen LogP contribution in [-0.4, -0.2) is 41.3 Å². The first-order chi connectivity index (χ1) is 5.47. The fraction of sp³-hybridized carbons (Fsp3) is 1.00. The highest BCUT2D eigenvalue weighted by molar-refractivity contribution is 4.79. The van der Waals surface area contributed by atoms with Crippen LogP contribution in [0.15, 0.2) is 0 Å². The van der Waals surface area contributed by atoms with Crippen LogP contribution in [0.1, 0.15) is 26.7 Å². The van der Waals surface area contributed by atoms with Gasteiger partial charge < -0.3 is 15.7 Å². The van der Waals surface area contributed by atoms with Gasteiger partial charge in [0.05, 0.1) is 5.60 Å². The monoisotopic (exact) mass is 172 g/mol. The van der Waals surface area contributed by atoms with Crippen molar-refractivity contribution < 1.29 is 5.11 Å². The second-order valence-corrected chi connectivity index (χ2v) is 4.41. The minimum Gasteiger partial charge on any atom is -0.390 e. The summed E-state index contributed by atoms with van der Waals surface area (Å²) < 4.78 is 0. The second kappa shape index (κ2) is 3.73. The molecule has 1 heterocycles. The van der Waals surface area contributed by atoms with Gasteiger partial charge in [-0.1, -0.05) is 0 Å². The highest BCUT2D eigenvalue weighted by atomic mass is 16.3. The first-order valence-corrected chi connectivity index (χ1v) is 4.68. The van der Waals surface area contributed by atoms with Gasteiger partial charge in [0.2, 0.25) is 0 Å².